The minimum Gasteiger partial charge on any atom is -0.494 e. The van der Waals surface area contributed by atoms with Gasteiger partial charge in [-0.05, 0) is 44.4 Å². The first kappa shape index (κ1) is 17.4. The zero-order chi connectivity index (χ0) is 18.0. The molecule has 1 aromatic carbocycles. The van der Waals surface area contributed by atoms with E-state index in [0.717, 1.165) is 29.9 Å². The van der Waals surface area contributed by atoms with E-state index < -0.39 is 5.97 Å². The van der Waals surface area contributed by atoms with E-state index in [2.05, 4.69) is 4.99 Å². The quantitative estimate of drug-likeness (QED) is 0.787. The van der Waals surface area contributed by atoms with Crippen molar-refractivity contribution in [3.8, 4) is 5.75 Å². The highest BCUT2D eigenvalue weighted by Gasteiger charge is 2.43. The van der Waals surface area contributed by atoms with Crippen LogP contribution in [0.1, 0.15) is 44.6 Å². The maximum atomic E-state index is 12.7. The van der Waals surface area contributed by atoms with Crippen LogP contribution in [0.5, 0.6) is 5.75 Å². The number of rotatable bonds is 4. The zero-order valence-electron chi connectivity index (χ0n) is 14.9. The molecule has 0 saturated heterocycles. The van der Waals surface area contributed by atoms with Crippen LogP contribution in [0.2, 0.25) is 0 Å². The minimum atomic E-state index is -0.419. The number of hydrogen-bond donors (Lipinski definition) is 0. The number of ether oxygens (including phenoxy) is 2. The van der Waals surface area contributed by atoms with Crippen LogP contribution in [-0.4, -0.2) is 31.2 Å². The molecule has 0 aromatic heterocycles. The van der Waals surface area contributed by atoms with Crippen LogP contribution in [0.25, 0.3) is 0 Å². The Morgan fingerprint density at radius 1 is 1.20 bits per heavy atom. The molecule has 2 atom stereocenters. The van der Waals surface area contributed by atoms with Gasteiger partial charge in [-0.3, -0.25) is 9.79 Å². The molecule has 2 aliphatic rings. The second-order valence-electron chi connectivity index (χ2n) is 6.37. The number of allylic oxidation sites excluding steroid dienone is 1. The third kappa shape index (κ3) is 3.23. The lowest BCUT2D eigenvalue weighted by Gasteiger charge is -2.35. The van der Waals surface area contributed by atoms with E-state index in [1.54, 1.807) is 0 Å². The van der Waals surface area contributed by atoms with Gasteiger partial charge in [0.25, 0.3) is 0 Å². The van der Waals surface area contributed by atoms with Gasteiger partial charge in [-0.15, -0.1) is 0 Å². The molecule has 3 rings (SSSR count). The van der Waals surface area contributed by atoms with Crippen molar-refractivity contribution in [2.45, 2.75) is 39.0 Å². The molecule has 1 aliphatic heterocycles. The third-order valence-corrected chi connectivity index (χ3v) is 4.86. The van der Waals surface area contributed by atoms with Crippen LogP contribution in [0, 0.1) is 5.92 Å². The van der Waals surface area contributed by atoms with Gasteiger partial charge in [-0.25, -0.2) is 4.79 Å². The van der Waals surface area contributed by atoms with E-state index in [0.29, 0.717) is 24.3 Å². The van der Waals surface area contributed by atoms with Crippen LogP contribution in [0.3, 0.4) is 0 Å². The summed E-state index contributed by atoms with van der Waals surface area (Å²) in [5.74, 6) is -0.213. The highest BCUT2D eigenvalue weighted by Crippen LogP contribution is 2.43. The Morgan fingerprint density at radius 3 is 2.56 bits per heavy atom. The number of fused-ring (bicyclic) bond motifs is 1. The molecule has 1 aromatic rings. The molecule has 0 amide bonds. The Morgan fingerprint density at radius 2 is 1.92 bits per heavy atom. The monoisotopic (exact) mass is 341 g/mol. The van der Waals surface area contributed by atoms with E-state index in [1.807, 2.05) is 38.1 Å². The summed E-state index contributed by atoms with van der Waals surface area (Å²) in [7, 11) is 1.36. The van der Waals surface area contributed by atoms with E-state index >= 15 is 0 Å². The van der Waals surface area contributed by atoms with E-state index in [4.69, 9.17) is 9.47 Å². The van der Waals surface area contributed by atoms with Crippen molar-refractivity contribution < 1.29 is 19.1 Å². The van der Waals surface area contributed by atoms with Gasteiger partial charge >= 0.3 is 5.97 Å². The lowest BCUT2D eigenvalue weighted by atomic mass is 9.69. The fourth-order valence-electron chi connectivity index (χ4n) is 3.79. The summed E-state index contributed by atoms with van der Waals surface area (Å²) in [6, 6.07) is 7.61. The van der Waals surface area contributed by atoms with Gasteiger partial charge in [0, 0.05) is 23.7 Å². The Hall–Kier alpha value is -2.43. The first-order valence-corrected chi connectivity index (χ1v) is 8.68. The summed E-state index contributed by atoms with van der Waals surface area (Å²) < 4.78 is 10.5. The number of hydrogen-bond acceptors (Lipinski definition) is 5. The van der Waals surface area contributed by atoms with Crippen molar-refractivity contribution in [3.63, 3.8) is 0 Å². The number of carbonyl (C=O) groups is 2. The molecule has 0 spiro atoms. The number of esters is 1. The molecular weight excluding hydrogens is 318 g/mol. The van der Waals surface area contributed by atoms with Gasteiger partial charge in [-0.1, -0.05) is 12.1 Å². The van der Waals surface area contributed by atoms with E-state index in [-0.39, 0.29) is 17.6 Å². The summed E-state index contributed by atoms with van der Waals surface area (Å²) in [5, 5.41) is 0. The van der Waals surface area contributed by atoms with E-state index in [9.17, 15) is 9.59 Å². The third-order valence-electron chi connectivity index (χ3n) is 4.86. The molecule has 1 aliphatic carbocycles. The number of nitrogens with zero attached hydrogens (tertiary/aromatic N) is 1. The molecule has 0 radical (unpaired) electrons. The highest BCUT2D eigenvalue weighted by molar-refractivity contribution is 6.11. The standard InChI is InChI=1S/C20H23NO4/c1-4-25-14-10-8-13(9-11-14)18-17(20(23)24-3)12(2)21-15-6-5-7-16(22)19(15)18/h8-11,18-19H,4-7H2,1-3H3/t18-,19?/m1/s1. The maximum absolute atomic E-state index is 12.7. The summed E-state index contributed by atoms with van der Waals surface area (Å²) in [5.41, 5.74) is 2.93. The van der Waals surface area contributed by atoms with Gasteiger partial charge in [0.15, 0.2) is 0 Å². The molecule has 1 fully saturated rings. The summed E-state index contributed by atoms with van der Waals surface area (Å²) in [6.45, 7) is 4.34. The fourth-order valence-corrected chi connectivity index (χ4v) is 3.79. The second kappa shape index (κ2) is 7.21. The Labute approximate surface area is 147 Å². The smallest absolute Gasteiger partial charge is 0.336 e. The number of carbonyl (C=O) groups excluding carboxylic acids is 2. The lowest BCUT2D eigenvalue weighted by molar-refractivity contribution is -0.136. The summed E-state index contributed by atoms with van der Waals surface area (Å²) in [6.07, 6.45) is 2.16. The van der Waals surface area contributed by atoms with Gasteiger partial charge in [0.1, 0.15) is 11.5 Å². The van der Waals surface area contributed by atoms with Gasteiger partial charge < -0.3 is 9.47 Å². The average molecular weight is 341 g/mol. The predicted molar refractivity (Wildman–Crippen MR) is 94.9 cm³/mol. The fraction of sp³-hybridized carbons (Fsp3) is 0.450. The number of aliphatic imine (C=N–C) groups is 1. The number of benzene rings is 1. The Bertz CT molecular complexity index is 745. The molecule has 1 heterocycles. The minimum absolute atomic E-state index is 0.151. The van der Waals surface area contributed by atoms with Gasteiger partial charge in [0.05, 0.1) is 25.2 Å². The SMILES string of the molecule is CCOc1ccc([C@@H]2C(C(=O)OC)=C(C)N=C3CCCC(=O)C32)cc1. The maximum Gasteiger partial charge on any atom is 0.336 e. The zero-order valence-corrected chi connectivity index (χ0v) is 14.9. The van der Waals surface area contributed by atoms with Crippen molar-refractivity contribution in [2.24, 2.45) is 10.9 Å². The second-order valence-corrected chi connectivity index (χ2v) is 6.37. The Balaban J connectivity index is 2.09. The van der Waals surface area contributed by atoms with Crippen molar-refractivity contribution in [2.75, 3.05) is 13.7 Å². The summed E-state index contributed by atoms with van der Waals surface area (Å²) >= 11 is 0. The average Bonchev–Trinajstić information content (AvgIpc) is 2.61. The normalized spacial score (nSPS) is 23.0. The van der Waals surface area contributed by atoms with Gasteiger partial charge in [-0.2, -0.15) is 0 Å². The first-order valence-electron chi connectivity index (χ1n) is 8.68. The van der Waals surface area contributed by atoms with E-state index in [1.165, 1.54) is 7.11 Å². The number of Topliss-reactive ketones (excluding diaryl/α,β-unsaturated/α-hetero) is 1. The molecule has 132 valence electrons. The molecule has 25 heavy (non-hydrogen) atoms. The van der Waals surface area contributed by atoms with Crippen LogP contribution in [0.4, 0.5) is 0 Å². The number of methoxy groups -OCH3 is 1. The Kier molecular flexibility index (Phi) is 5.02. The van der Waals surface area contributed by atoms with Crippen molar-refractivity contribution in [3.05, 3.63) is 41.1 Å². The van der Waals surface area contributed by atoms with Crippen LogP contribution >= 0.6 is 0 Å². The predicted octanol–water partition coefficient (Wildman–Crippen LogP) is 3.44. The topological polar surface area (TPSA) is 65.0 Å². The van der Waals surface area contributed by atoms with Crippen LogP contribution < -0.4 is 4.74 Å². The molecular formula is C20H23NO4. The lowest BCUT2D eigenvalue weighted by Crippen LogP contribution is -2.38. The van der Waals surface area contributed by atoms with Crippen molar-refractivity contribution >= 4 is 17.5 Å². The summed E-state index contributed by atoms with van der Waals surface area (Å²) in [4.78, 5) is 29.7. The molecule has 5 nitrogen and oxygen atoms in total. The van der Waals surface area contributed by atoms with Gasteiger partial charge in [0.2, 0.25) is 0 Å². The van der Waals surface area contributed by atoms with Crippen molar-refractivity contribution in [1.82, 2.24) is 0 Å². The first-order chi connectivity index (χ1) is 12.1. The van der Waals surface area contributed by atoms with Crippen molar-refractivity contribution in [1.29, 1.82) is 0 Å². The van der Waals surface area contributed by atoms with Crippen LogP contribution in [0.15, 0.2) is 40.5 Å². The largest absolute Gasteiger partial charge is 0.494 e. The van der Waals surface area contributed by atoms with Crippen LogP contribution in [-0.2, 0) is 14.3 Å². The molecule has 5 heteroatoms. The number of ketones is 1. The molecule has 1 saturated carbocycles. The highest BCUT2D eigenvalue weighted by atomic mass is 16.5. The molecule has 0 bridgehead atoms. The molecule has 0 N–H and O–H groups in total. The molecule has 1 unspecified atom stereocenters.